The summed E-state index contributed by atoms with van der Waals surface area (Å²) < 4.78 is 5.53. The van der Waals surface area contributed by atoms with Crippen LogP contribution in [0.1, 0.15) is 58.3 Å². The molecule has 1 aliphatic heterocycles. The van der Waals surface area contributed by atoms with E-state index in [1.165, 1.54) is 32.1 Å². The number of nitrogens with zero attached hydrogens (tertiary/aromatic N) is 2. The van der Waals surface area contributed by atoms with Crippen LogP contribution >= 0.6 is 0 Å². The Morgan fingerprint density at radius 1 is 1.11 bits per heavy atom. The summed E-state index contributed by atoms with van der Waals surface area (Å²) in [4.78, 5) is 7.60. The highest BCUT2D eigenvalue weighted by molar-refractivity contribution is 5.79. The summed E-state index contributed by atoms with van der Waals surface area (Å²) in [5, 5.41) is 17.0. The minimum absolute atomic E-state index is 0.147. The van der Waals surface area contributed by atoms with E-state index in [0.717, 1.165) is 77.7 Å². The van der Waals surface area contributed by atoms with E-state index in [2.05, 4.69) is 22.5 Å². The average molecular weight is 381 g/mol. The highest BCUT2D eigenvalue weighted by Gasteiger charge is 2.34. The van der Waals surface area contributed by atoms with E-state index in [4.69, 9.17) is 9.73 Å². The number of aliphatic hydroxyl groups is 1. The van der Waals surface area contributed by atoms with E-state index in [1.807, 2.05) is 0 Å². The fraction of sp³-hybridized carbons (Fsp3) is 0.952. The molecule has 27 heavy (non-hydrogen) atoms. The standard InChI is InChI=1S/C21H40N4O2/c1-2-22-20(23-15-18-7-6-8-19(18)26)24-16-21(9-4-3-5-10-21)17-25-11-13-27-14-12-25/h18-19,26H,2-17H2,1H3,(H2,22,23,24). The SMILES string of the molecule is CCNC(=NCC1(CN2CCOCC2)CCCCC1)NCC1CCCC1O. The zero-order valence-electron chi connectivity index (χ0n) is 17.2. The second kappa shape index (κ2) is 10.6. The molecule has 0 spiro atoms. The third kappa shape index (κ3) is 6.33. The maximum Gasteiger partial charge on any atom is 0.191 e. The third-order valence-corrected chi connectivity index (χ3v) is 6.64. The number of aliphatic imine (C=N–C) groups is 1. The highest BCUT2D eigenvalue weighted by Crippen LogP contribution is 2.37. The van der Waals surface area contributed by atoms with Crippen molar-refractivity contribution >= 4 is 5.96 Å². The van der Waals surface area contributed by atoms with Crippen LogP contribution in [0, 0.1) is 11.3 Å². The summed E-state index contributed by atoms with van der Waals surface area (Å²) in [6.45, 7) is 9.71. The van der Waals surface area contributed by atoms with E-state index >= 15 is 0 Å². The monoisotopic (exact) mass is 380 g/mol. The van der Waals surface area contributed by atoms with Gasteiger partial charge in [-0.3, -0.25) is 9.89 Å². The van der Waals surface area contributed by atoms with E-state index in [9.17, 15) is 5.11 Å². The van der Waals surface area contributed by atoms with Crippen LogP contribution in [0.15, 0.2) is 4.99 Å². The van der Waals surface area contributed by atoms with Crippen LogP contribution in [0.25, 0.3) is 0 Å². The fourth-order valence-corrected chi connectivity index (χ4v) is 4.97. The molecule has 2 unspecified atom stereocenters. The molecule has 3 N–H and O–H groups in total. The normalized spacial score (nSPS) is 29.6. The molecular formula is C21H40N4O2. The molecule has 2 atom stereocenters. The van der Waals surface area contributed by atoms with Gasteiger partial charge >= 0.3 is 0 Å². The lowest BCUT2D eigenvalue weighted by Gasteiger charge is -2.41. The Kier molecular flexibility index (Phi) is 8.22. The predicted molar refractivity (Wildman–Crippen MR) is 110 cm³/mol. The van der Waals surface area contributed by atoms with Gasteiger partial charge in [-0.1, -0.05) is 25.7 Å². The molecule has 3 rings (SSSR count). The average Bonchev–Trinajstić information content (AvgIpc) is 3.10. The zero-order chi connectivity index (χ0) is 19.0. The molecule has 0 aromatic rings. The number of guanidine groups is 1. The summed E-state index contributed by atoms with van der Waals surface area (Å²) in [7, 11) is 0. The smallest absolute Gasteiger partial charge is 0.191 e. The van der Waals surface area contributed by atoms with Crippen molar-refractivity contribution in [2.75, 3.05) is 52.5 Å². The Labute approximate surface area is 165 Å². The molecule has 0 aromatic heterocycles. The van der Waals surface area contributed by atoms with Gasteiger partial charge in [0.1, 0.15) is 0 Å². The number of ether oxygens (including phenoxy) is 1. The topological polar surface area (TPSA) is 69.1 Å². The van der Waals surface area contributed by atoms with E-state index in [1.54, 1.807) is 0 Å². The van der Waals surface area contributed by atoms with Crippen LogP contribution in [0.2, 0.25) is 0 Å². The Balaban J connectivity index is 1.58. The van der Waals surface area contributed by atoms with Gasteiger partial charge in [-0.25, -0.2) is 0 Å². The Morgan fingerprint density at radius 2 is 1.89 bits per heavy atom. The van der Waals surface area contributed by atoms with Crippen molar-refractivity contribution in [1.29, 1.82) is 0 Å². The van der Waals surface area contributed by atoms with Crippen molar-refractivity contribution in [1.82, 2.24) is 15.5 Å². The van der Waals surface area contributed by atoms with Crippen LogP contribution < -0.4 is 10.6 Å². The number of aliphatic hydroxyl groups excluding tert-OH is 1. The second-order valence-corrected chi connectivity index (χ2v) is 8.78. The summed E-state index contributed by atoms with van der Waals surface area (Å²) in [5.74, 6) is 1.29. The summed E-state index contributed by atoms with van der Waals surface area (Å²) >= 11 is 0. The molecule has 6 heteroatoms. The van der Waals surface area contributed by atoms with Gasteiger partial charge in [0.15, 0.2) is 5.96 Å². The molecule has 2 saturated carbocycles. The molecule has 0 amide bonds. The fourth-order valence-electron chi connectivity index (χ4n) is 4.97. The molecule has 6 nitrogen and oxygen atoms in total. The van der Waals surface area contributed by atoms with E-state index in [-0.39, 0.29) is 6.10 Å². The molecule has 3 fully saturated rings. The molecule has 0 bridgehead atoms. The van der Waals surface area contributed by atoms with Gasteiger partial charge in [0.05, 0.1) is 19.3 Å². The van der Waals surface area contributed by atoms with E-state index in [0.29, 0.717) is 11.3 Å². The Morgan fingerprint density at radius 3 is 2.56 bits per heavy atom. The number of hydrogen-bond acceptors (Lipinski definition) is 4. The molecule has 0 aromatic carbocycles. The summed E-state index contributed by atoms with van der Waals surface area (Å²) in [6.07, 6.45) is 9.67. The first kappa shape index (κ1) is 20.9. The molecule has 2 aliphatic carbocycles. The van der Waals surface area contributed by atoms with Crippen LogP contribution in [0.3, 0.4) is 0 Å². The molecule has 1 heterocycles. The van der Waals surface area contributed by atoms with Gasteiger partial charge < -0.3 is 20.5 Å². The predicted octanol–water partition coefficient (Wildman–Crippen LogP) is 1.99. The van der Waals surface area contributed by atoms with E-state index < -0.39 is 0 Å². The molecular weight excluding hydrogens is 340 g/mol. The maximum atomic E-state index is 10.1. The first-order valence-corrected chi connectivity index (χ1v) is 11.2. The first-order valence-electron chi connectivity index (χ1n) is 11.2. The second-order valence-electron chi connectivity index (χ2n) is 8.78. The van der Waals surface area contributed by atoms with Gasteiger partial charge in [0, 0.05) is 50.6 Å². The molecule has 1 saturated heterocycles. The van der Waals surface area contributed by atoms with Crippen molar-refractivity contribution in [3.05, 3.63) is 0 Å². The molecule has 156 valence electrons. The Bertz CT molecular complexity index is 459. The number of nitrogens with one attached hydrogen (secondary N) is 2. The Hall–Kier alpha value is -0.850. The van der Waals surface area contributed by atoms with Gasteiger partial charge in [0.25, 0.3) is 0 Å². The van der Waals surface area contributed by atoms with Gasteiger partial charge in [-0.2, -0.15) is 0 Å². The largest absolute Gasteiger partial charge is 0.393 e. The minimum atomic E-state index is -0.147. The lowest BCUT2D eigenvalue weighted by atomic mass is 9.73. The van der Waals surface area contributed by atoms with Crippen LogP contribution in [0.4, 0.5) is 0 Å². The van der Waals surface area contributed by atoms with Crippen molar-refractivity contribution in [2.45, 2.75) is 64.4 Å². The maximum absolute atomic E-state index is 10.1. The molecule has 0 radical (unpaired) electrons. The third-order valence-electron chi connectivity index (χ3n) is 6.64. The quantitative estimate of drug-likeness (QED) is 0.465. The first-order chi connectivity index (χ1) is 13.2. The summed E-state index contributed by atoms with van der Waals surface area (Å²) in [5.41, 5.74) is 0.310. The number of rotatable bonds is 7. The van der Waals surface area contributed by atoms with Crippen LogP contribution in [-0.2, 0) is 4.74 Å². The van der Waals surface area contributed by atoms with Gasteiger partial charge in [0.2, 0.25) is 0 Å². The van der Waals surface area contributed by atoms with Crippen LogP contribution in [-0.4, -0.2) is 74.6 Å². The van der Waals surface area contributed by atoms with Gasteiger partial charge in [-0.15, -0.1) is 0 Å². The lowest BCUT2D eigenvalue weighted by molar-refractivity contribution is 0.00937. The molecule has 3 aliphatic rings. The lowest BCUT2D eigenvalue weighted by Crippen LogP contribution is -2.47. The van der Waals surface area contributed by atoms with Gasteiger partial charge in [-0.05, 0) is 32.6 Å². The highest BCUT2D eigenvalue weighted by atomic mass is 16.5. The minimum Gasteiger partial charge on any atom is -0.393 e. The van der Waals surface area contributed by atoms with Crippen molar-refractivity contribution < 1.29 is 9.84 Å². The van der Waals surface area contributed by atoms with Crippen molar-refractivity contribution in [3.63, 3.8) is 0 Å². The number of morpholine rings is 1. The van der Waals surface area contributed by atoms with Crippen LogP contribution in [0.5, 0.6) is 0 Å². The van der Waals surface area contributed by atoms with Crippen molar-refractivity contribution in [2.24, 2.45) is 16.3 Å². The summed E-state index contributed by atoms with van der Waals surface area (Å²) in [6, 6.07) is 0. The number of hydrogen-bond donors (Lipinski definition) is 3. The van der Waals surface area contributed by atoms with Crippen molar-refractivity contribution in [3.8, 4) is 0 Å². The zero-order valence-corrected chi connectivity index (χ0v) is 17.2.